The maximum absolute atomic E-state index is 12.5. The number of rotatable bonds is 6. The number of carbonyl (C=O) groups excluding carboxylic acids is 1. The molecule has 4 nitrogen and oxygen atoms in total. The molecule has 1 aromatic rings. The Morgan fingerprint density at radius 3 is 3.10 bits per heavy atom. The van der Waals surface area contributed by atoms with Gasteiger partial charge in [-0.1, -0.05) is 24.3 Å². The summed E-state index contributed by atoms with van der Waals surface area (Å²) >= 11 is 0. The van der Waals surface area contributed by atoms with Crippen LogP contribution < -0.4 is 10.1 Å². The second kappa shape index (κ2) is 7.84. The second-order valence-corrected chi connectivity index (χ2v) is 5.23. The molecule has 1 unspecified atom stereocenters. The number of nitrogens with zero attached hydrogens (tertiary/aromatic N) is 1. The molecule has 0 aromatic heterocycles. The largest absolute Gasteiger partial charge is 0.496 e. The van der Waals surface area contributed by atoms with Gasteiger partial charge in [-0.2, -0.15) is 0 Å². The number of benzene rings is 1. The van der Waals surface area contributed by atoms with E-state index in [0.717, 1.165) is 43.8 Å². The molecular weight excluding hydrogens is 264 g/mol. The number of amides is 1. The van der Waals surface area contributed by atoms with Gasteiger partial charge in [-0.05, 0) is 18.9 Å². The molecule has 1 heterocycles. The summed E-state index contributed by atoms with van der Waals surface area (Å²) in [5, 5.41) is 3.37. The van der Waals surface area contributed by atoms with Crippen molar-refractivity contribution < 1.29 is 9.53 Å². The Balaban J connectivity index is 2.14. The molecule has 1 aliphatic heterocycles. The van der Waals surface area contributed by atoms with Crippen molar-refractivity contribution in [3.05, 3.63) is 42.5 Å². The number of ether oxygens (including phenoxy) is 1. The third-order valence-corrected chi connectivity index (χ3v) is 3.86. The van der Waals surface area contributed by atoms with E-state index in [9.17, 15) is 4.79 Å². The summed E-state index contributed by atoms with van der Waals surface area (Å²) in [7, 11) is 1.67. The van der Waals surface area contributed by atoms with E-state index in [1.54, 1.807) is 7.11 Å². The molecule has 21 heavy (non-hydrogen) atoms. The van der Waals surface area contributed by atoms with Crippen LogP contribution in [0.25, 0.3) is 0 Å². The second-order valence-electron chi connectivity index (χ2n) is 5.23. The lowest BCUT2D eigenvalue weighted by molar-refractivity contribution is -0.134. The minimum Gasteiger partial charge on any atom is -0.496 e. The first-order valence-electron chi connectivity index (χ1n) is 7.52. The summed E-state index contributed by atoms with van der Waals surface area (Å²) in [6.07, 6.45) is 4.20. The number of allylic oxidation sites excluding steroid dienone is 1. The molecule has 0 bridgehead atoms. The molecule has 1 N–H and O–H groups in total. The van der Waals surface area contributed by atoms with Gasteiger partial charge < -0.3 is 15.0 Å². The summed E-state index contributed by atoms with van der Waals surface area (Å²) in [6.45, 7) is 6.07. The van der Waals surface area contributed by atoms with E-state index in [1.165, 1.54) is 0 Å². The van der Waals surface area contributed by atoms with E-state index in [0.29, 0.717) is 6.42 Å². The van der Waals surface area contributed by atoms with Gasteiger partial charge in [0.2, 0.25) is 5.91 Å². The SMILES string of the molecule is C=CCCCC(=O)N1CCNCC1c1ccccc1OC. The Morgan fingerprint density at radius 1 is 1.52 bits per heavy atom. The van der Waals surface area contributed by atoms with E-state index in [2.05, 4.69) is 11.9 Å². The van der Waals surface area contributed by atoms with E-state index in [4.69, 9.17) is 4.74 Å². The number of hydrogen-bond donors (Lipinski definition) is 1. The fourth-order valence-corrected chi connectivity index (χ4v) is 2.76. The Hall–Kier alpha value is -1.81. The van der Waals surface area contributed by atoms with Gasteiger partial charge in [0.1, 0.15) is 5.75 Å². The first-order chi connectivity index (χ1) is 10.3. The normalized spacial score (nSPS) is 18.3. The summed E-state index contributed by atoms with van der Waals surface area (Å²) in [5.74, 6) is 1.06. The fraction of sp³-hybridized carbons (Fsp3) is 0.471. The number of unbranched alkanes of at least 4 members (excludes halogenated alkanes) is 1. The molecule has 1 fully saturated rings. The van der Waals surface area contributed by atoms with Crippen LogP contribution in [-0.2, 0) is 4.79 Å². The molecule has 1 amide bonds. The van der Waals surface area contributed by atoms with Crippen LogP contribution in [0.5, 0.6) is 5.75 Å². The molecule has 1 saturated heterocycles. The van der Waals surface area contributed by atoms with Gasteiger partial charge in [-0.15, -0.1) is 6.58 Å². The molecule has 0 spiro atoms. The van der Waals surface area contributed by atoms with Crippen LogP contribution in [0.4, 0.5) is 0 Å². The van der Waals surface area contributed by atoms with E-state index in [1.807, 2.05) is 35.2 Å². The predicted molar refractivity (Wildman–Crippen MR) is 84.4 cm³/mol. The Morgan fingerprint density at radius 2 is 2.33 bits per heavy atom. The van der Waals surface area contributed by atoms with Gasteiger partial charge in [0, 0.05) is 31.6 Å². The zero-order valence-corrected chi connectivity index (χ0v) is 12.7. The molecule has 0 saturated carbocycles. The third kappa shape index (κ3) is 3.85. The third-order valence-electron chi connectivity index (χ3n) is 3.86. The highest BCUT2D eigenvalue weighted by molar-refractivity contribution is 5.77. The molecule has 1 aliphatic rings. The van der Waals surface area contributed by atoms with Gasteiger partial charge >= 0.3 is 0 Å². The van der Waals surface area contributed by atoms with Crippen molar-refractivity contribution in [3.63, 3.8) is 0 Å². The highest BCUT2D eigenvalue weighted by atomic mass is 16.5. The maximum Gasteiger partial charge on any atom is 0.223 e. The summed E-state index contributed by atoms with van der Waals surface area (Å²) in [5.41, 5.74) is 1.07. The van der Waals surface area contributed by atoms with E-state index >= 15 is 0 Å². The van der Waals surface area contributed by atoms with Crippen LogP contribution >= 0.6 is 0 Å². The lowest BCUT2D eigenvalue weighted by Crippen LogP contribution is -2.48. The molecule has 114 valence electrons. The Kier molecular flexibility index (Phi) is 5.81. The molecule has 4 heteroatoms. The first-order valence-corrected chi connectivity index (χ1v) is 7.52. The van der Waals surface area contributed by atoms with Crippen molar-refractivity contribution in [2.45, 2.75) is 25.3 Å². The lowest BCUT2D eigenvalue weighted by Gasteiger charge is -2.37. The van der Waals surface area contributed by atoms with Gasteiger partial charge in [0.05, 0.1) is 13.2 Å². The number of hydrogen-bond acceptors (Lipinski definition) is 3. The van der Waals surface area contributed by atoms with Crippen LogP contribution in [-0.4, -0.2) is 37.6 Å². The predicted octanol–water partition coefficient (Wildman–Crippen LogP) is 2.52. The summed E-state index contributed by atoms with van der Waals surface area (Å²) in [6, 6.07) is 7.98. The average Bonchev–Trinajstić information content (AvgIpc) is 2.55. The van der Waals surface area contributed by atoms with Crippen molar-refractivity contribution in [1.29, 1.82) is 0 Å². The van der Waals surface area contributed by atoms with Crippen molar-refractivity contribution in [1.82, 2.24) is 10.2 Å². The monoisotopic (exact) mass is 288 g/mol. The van der Waals surface area contributed by atoms with Crippen molar-refractivity contribution in [3.8, 4) is 5.75 Å². The zero-order chi connectivity index (χ0) is 15.1. The minimum absolute atomic E-state index is 0.0473. The molecule has 1 atom stereocenters. The smallest absolute Gasteiger partial charge is 0.223 e. The van der Waals surface area contributed by atoms with Crippen molar-refractivity contribution >= 4 is 5.91 Å². The topological polar surface area (TPSA) is 41.6 Å². The molecule has 0 aliphatic carbocycles. The van der Waals surface area contributed by atoms with E-state index in [-0.39, 0.29) is 11.9 Å². The highest BCUT2D eigenvalue weighted by Crippen LogP contribution is 2.30. The number of carbonyl (C=O) groups is 1. The Bertz CT molecular complexity index is 487. The number of methoxy groups -OCH3 is 1. The molecule has 1 aromatic carbocycles. The number of nitrogens with one attached hydrogen (secondary N) is 1. The summed E-state index contributed by atoms with van der Waals surface area (Å²) < 4.78 is 5.45. The summed E-state index contributed by atoms with van der Waals surface area (Å²) in [4.78, 5) is 14.5. The maximum atomic E-state index is 12.5. The van der Waals surface area contributed by atoms with Crippen LogP contribution in [0.15, 0.2) is 36.9 Å². The van der Waals surface area contributed by atoms with Crippen LogP contribution in [0, 0.1) is 0 Å². The zero-order valence-electron chi connectivity index (χ0n) is 12.7. The van der Waals surface area contributed by atoms with Crippen molar-refractivity contribution in [2.24, 2.45) is 0 Å². The molecule has 0 radical (unpaired) electrons. The van der Waals surface area contributed by atoms with Crippen LogP contribution in [0.3, 0.4) is 0 Å². The van der Waals surface area contributed by atoms with Crippen LogP contribution in [0.1, 0.15) is 30.9 Å². The molecule has 2 rings (SSSR count). The number of para-hydroxylation sites is 1. The van der Waals surface area contributed by atoms with Gasteiger partial charge in [-0.3, -0.25) is 4.79 Å². The quantitative estimate of drug-likeness (QED) is 0.646. The van der Waals surface area contributed by atoms with Crippen molar-refractivity contribution in [2.75, 3.05) is 26.7 Å². The van der Waals surface area contributed by atoms with Gasteiger partial charge in [0.15, 0.2) is 0 Å². The fourth-order valence-electron chi connectivity index (χ4n) is 2.76. The number of piperazine rings is 1. The standard InChI is InChI=1S/C17H24N2O2/c1-3-4-5-10-17(20)19-12-11-18-13-15(19)14-8-6-7-9-16(14)21-2/h3,6-9,15,18H,1,4-5,10-13H2,2H3. The first kappa shape index (κ1) is 15.6. The Labute approximate surface area is 126 Å². The highest BCUT2D eigenvalue weighted by Gasteiger charge is 2.29. The molecular formula is C17H24N2O2. The van der Waals surface area contributed by atoms with Gasteiger partial charge in [-0.25, -0.2) is 0 Å². The minimum atomic E-state index is 0.0473. The van der Waals surface area contributed by atoms with E-state index < -0.39 is 0 Å². The lowest BCUT2D eigenvalue weighted by atomic mass is 10.0. The van der Waals surface area contributed by atoms with Crippen LogP contribution in [0.2, 0.25) is 0 Å². The van der Waals surface area contributed by atoms with Gasteiger partial charge in [0.25, 0.3) is 0 Å². The average molecular weight is 288 g/mol.